The number of anilines is 1. The molecule has 1 N–H and O–H groups in total. The first-order valence-corrected chi connectivity index (χ1v) is 6.55. The summed E-state index contributed by atoms with van der Waals surface area (Å²) in [7, 11) is 0. The first kappa shape index (κ1) is 15.0. The molecule has 1 unspecified atom stereocenters. The number of halogens is 2. The molecule has 5 heteroatoms. The fourth-order valence-electron chi connectivity index (χ4n) is 1.93. The lowest BCUT2D eigenvalue weighted by molar-refractivity contribution is -0.144. The topological polar surface area (TPSA) is 38.3 Å². The highest BCUT2D eigenvalue weighted by Gasteiger charge is 2.25. The number of carbonyl (C=O) groups is 1. The van der Waals surface area contributed by atoms with Gasteiger partial charge in [-0.25, -0.2) is 13.6 Å². The molecule has 0 radical (unpaired) electrons. The van der Waals surface area contributed by atoms with E-state index in [-0.39, 0.29) is 12.2 Å². The standard InChI is InChI=1S/C16H15F2NO2/c1-2-21-16(20)15(19-12-6-4-3-5-7-12)13-10-11(17)8-9-14(13)18/h3-10,15,19H,2H2,1H3. The highest BCUT2D eigenvalue weighted by molar-refractivity contribution is 5.81. The van der Waals surface area contributed by atoms with Gasteiger partial charge in [-0.15, -0.1) is 0 Å². The Hall–Kier alpha value is -2.43. The molecule has 2 aromatic carbocycles. The third-order valence-corrected chi connectivity index (χ3v) is 2.88. The van der Waals surface area contributed by atoms with E-state index in [0.717, 1.165) is 18.2 Å². The Kier molecular flexibility index (Phi) is 4.87. The maximum atomic E-state index is 13.9. The number of rotatable bonds is 5. The van der Waals surface area contributed by atoms with Crippen LogP contribution < -0.4 is 5.32 Å². The Bertz CT molecular complexity index is 617. The van der Waals surface area contributed by atoms with E-state index in [1.807, 2.05) is 6.07 Å². The second kappa shape index (κ2) is 6.83. The Morgan fingerprint density at radius 1 is 1.19 bits per heavy atom. The van der Waals surface area contributed by atoms with Crippen molar-refractivity contribution in [2.45, 2.75) is 13.0 Å². The van der Waals surface area contributed by atoms with Gasteiger partial charge in [-0.2, -0.15) is 0 Å². The minimum atomic E-state index is -1.11. The van der Waals surface area contributed by atoms with Crippen molar-refractivity contribution in [2.24, 2.45) is 0 Å². The summed E-state index contributed by atoms with van der Waals surface area (Å²) in [5.41, 5.74) is 0.525. The molecule has 0 spiro atoms. The summed E-state index contributed by atoms with van der Waals surface area (Å²) in [6, 6.07) is 10.7. The second-order valence-electron chi connectivity index (χ2n) is 4.36. The largest absolute Gasteiger partial charge is 0.464 e. The van der Waals surface area contributed by atoms with Gasteiger partial charge in [0.2, 0.25) is 0 Å². The molecule has 21 heavy (non-hydrogen) atoms. The van der Waals surface area contributed by atoms with Crippen molar-refractivity contribution in [3.63, 3.8) is 0 Å². The molecule has 0 aromatic heterocycles. The summed E-state index contributed by atoms with van der Waals surface area (Å²) in [4.78, 5) is 12.0. The first-order chi connectivity index (χ1) is 10.1. The number of ether oxygens (including phenoxy) is 1. The van der Waals surface area contributed by atoms with Crippen LogP contribution in [0.2, 0.25) is 0 Å². The predicted molar refractivity (Wildman–Crippen MR) is 75.8 cm³/mol. The van der Waals surface area contributed by atoms with Crippen molar-refractivity contribution in [3.05, 3.63) is 65.7 Å². The summed E-state index contributed by atoms with van der Waals surface area (Å²) in [5, 5.41) is 2.87. The third-order valence-electron chi connectivity index (χ3n) is 2.88. The number of hydrogen-bond donors (Lipinski definition) is 1. The van der Waals surface area contributed by atoms with Crippen LogP contribution in [0.1, 0.15) is 18.5 Å². The molecular formula is C16H15F2NO2. The number of para-hydroxylation sites is 1. The van der Waals surface area contributed by atoms with Crippen LogP contribution in [0.5, 0.6) is 0 Å². The van der Waals surface area contributed by atoms with Gasteiger partial charge in [-0.3, -0.25) is 0 Å². The Balaban J connectivity index is 2.36. The van der Waals surface area contributed by atoms with Crippen LogP contribution in [0.3, 0.4) is 0 Å². The summed E-state index contributed by atoms with van der Waals surface area (Å²) < 4.78 is 32.2. The SMILES string of the molecule is CCOC(=O)C(Nc1ccccc1)c1cc(F)ccc1F. The maximum absolute atomic E-state index is 13.9. The van der Waals surface area contributed by atoms with Gasteiger partial charge in [-0.1, -0.05) is 18.2 Å². The smallest absolute Gasteiger partial charge is 0.333 e. The van der Waals surface area contributed by atoms with Gasteiger partial charge >= 0.3 is 5.97 Å². The summed E-state index contributed by atoms with van der Waals surface area (Å²) in [5.74, 6) is -1.95. The quantitative estimate of drug-likeness (QED) is 0.854. The van der Waals surface area contributed by atoms with E-state index in [0.29, 0.717) is 5.69 Å². The van der Waals surface area contributed by atoms with Gasteiger partial charge in [-0.05, 0) is 37.3 Å². The van der Waals surface area contributed by atoms with Crippen molar-refractivity contribution < 1.29 is 18.3 Å². The lowest BCUT2D eigenvalue weighted by atomic mass is 10.1. The fraction of sp³-hybridized carbons (Fsp3) is 0.188. The van der Waals surface area contributed by atoms with Gasteiger partial charge in [0.05, 0.1) is 6.61 Å². The minimum absolute atomic E-state index is 0.0858. The monoisotopic (exact) mass is 291 g/mol. The van der Waals surface area contributed by atoms with Gasteiger partial charge < -0.3 is 10.1 Å². The van der Waals surface area contributed by atoms with E-state index in [1.165, 1.54) is 0 Å². The molecule has 0 fully saturated rings. The van der Waals surface area contributed by atoms with E-state index in [9.17, 15) is 13.6 Å². The molecular weight excluding hydrogens is 276 g/mol. The van der Waals surface area contributed by atoms with E-state index >= 15 is 0 Å². The van der Waals surface area contributed by atoms with Crippen molar-refractivity contribution in [1.82, 2.24) is 0 Å². The molecule has 0 aliphatic rings. The summed E-state index contributed by atoms with van der Waals surface area (Å²) >= 11 is 0. The number of benzene rings is 2. The third kappa shape index (κ3) is 3.78. The molecule has 2 rings (SSSR count). The minimum Gasteiger partial charge on any atom is -0.464 e. The zero-order valence-corrected chi connectivity index (χ0v) is 11.5. The summed E-state index contributed by atoms with van der Waals surface area (Å²) in [6.07, 6.45) is 0. The van der Waals surface area contributed by atoms with Crippen molar-refractivity contribution in [1.29, 1.82) is 0 Å². The molecule has 0 saturated heterocycles. The lowest BCUT2D eigenvalue weighted by Crippen LogP contribution is -2.24. The maximum Gasteiger partial charge on any atom is 0.333 e. The molecule has 3 nitrogen and oxygen atoms in total. The molecule has 0 aliphatic carbocycles. The van der Waals surface area contributed by atoms with Crippen LogP contribution in [-0.4, -0.2) is 12.6 Å². The number of carbonyl (C=O) groups excluding carboxylic acids is 1. The average molecular weight is 291 g/mol. The van der Waals surface area contributed by atoms with Gasteiger partial charge in [0.25, 0.3) is 0 Å². The van der Waals surface area contributed by atoms with Crippen LogP contribution >= 0.6 is 0 Å². The van der Waals surface area contributed by atoms with Crippen LogP contribution in [0.25, 0.3) is 0 Å². The van der Waals surface area contributed by atoms with Crippen LogP contribution in [-0.2, 0) is 9.53 Å². The molecule has 2 aromatic rings. The van der Waals surface area contributed by atoms with Crippen LogP contribution in [0.15, 0.2) is 48.5 Å². The number of nitrogens with one attached hydrogen (secondary N) is 1. The van der Waals surface area contributed by atoms with E-state index < -0.39 is 23.6 Å². The van der Waals surface area contributed by atoms with Gasteiger partial charge in [0, 0.05) is 11.3 Å². The zero-order valence-electron chi connectivity index (χ0n) is 11.5. The lowest BCUT2D eigenvalue weighted by Gasteiger charge is -2.19. The molecule has 0 amide bonds. The van der Waals surface area contributed by atoms with E-state index in [2.05, 4.69) is 5.32 Å². The van der Waals surface area contributed by atoms with Crippen molar-refractivity contribution in [2.75, 3.05) is 11.9 Å². The normalized spacial score (nSPS) is 11.8. The summed E-state index contributed by atoms with van der Waals surface area (Å²) in [6.45, 7) is 1.81. The van der Waals surface area contributed by atoms with Gasteiger partial charge in [0.1, 0.15) is 11.6 Å². The number of hydrogen-bond acceptors (Lipinski definition) is 3. The first-order valence-electron chi connectivity index (χ1n) is 6.55. The van der Waals surface area contributed by atoms with Crippen molar-refractivity contribution >= 4 is 11.7 Å². The zero-order chi connectivity index (χ0) is 15.2. The average Bonchev–Trinajstić information content (AvgIpc) is 2.49. The van der Waals surface area contributed by atoms with Crippen molar-refractivity contribution in [3.8, 4) is 0 Å². The fourth-order valence-corrected chi connectivity index (χ4v) is 1.93. The van der Waals surface area contributed by atoms with E-state index in [4.69, 9.17) is 4.74 Å². The molecule has 1 atom stereocenters. The predicted octanol–water partition coefficient (Wildman–Crippen LogP) is 3.68. The Labute approximate surface area is 121 Å². The Morgan fingerprint density at radius 2 is 1.90 bits per heavy atom. The molecule has 110 valence electrons. The molecule has 0 saturated carbocycles. The molecule has 0 bridgehead atoms. The van der Waals surface area contributed by atoms with Gasteiger partial charge in [0.15, 0.2) is 6.04 Å². The molecule has 0 heterocycles. The number of esters is 1. The van der Waals surface area contributed by atoms with E-state index in [1.54, 1.807) is 31.2 Å². The Morgan fingerprint density at radius 3 is 2.57 bits per heavy atom. The highest BCUT2D eigenvalue weighted by Crippen LogP contribution is 2.24. The molecule has 0 aliphatic heterocycles. The second-order valence-corrected chi connectivity index (χ2v) is 4.36. The highest BCUT2D eigenvalue weighted by atomic mass is 19.1. The van der Waals surface area contributed by atoms with Crippen LogP contribution in [0, 0.1) is 11.6 Å². The van der Waals surface area contributed by atoms with Crippen LogP contribution in [0.4, 0.5) is 14.5 Å².